The Morgan fingerprint density at radius 3 is 2.42 bits per heavy atom. The quantitative estimate of drug-likeness (QED) is 0.859. The molecule has 1 aromatic carbocycles. The predicted molar refractivity (Wildman–Crippen MR) is 89.4 cm³/mol. The van der Waals surface area contributed by atoms with Crippen LogP contribution in [0.5, 0.6) is 11.6 Å². The minimum absolute atomic E-state index is 0.255. The Morgan fingerprint density at radius 2 is 1.79 bits per heavy atom. The molecule has 0 radical (unpaired) electrons. The van der Waals surface area contributed by atoms with Crippen molar-refractivity contribution in [1.82, 2.24) is 15.1 Å². The van der Waals surface area contributed by atoms with Gasteiger partial charge in [-0.15, -0.1) is 10.2 Å². The van der Waals surface area contributed by atoms with Gasteiger partial charge in [0.25, 0.3) is 0 Å². The summed E-state index contributed by atoms with van der Waals surface area (Å²) in [4.78, 5) is 15.5. The Balaban J connectivity index is 1.56. The molecule has 1 saturated heterocycles. The normalized spacial score (nSPS) is 14.4. The summed E-state index contributed by atoms with van der Waals surface area (Å²) < 4.78 is 10.7. The van der Waals surface area contributed by atoms with Crippen molar-refractivity contribution in [2.45, 2.75) is 6.92 Å². The van der Waals surface area contributed by atoms with Crippen molar-refractivity contribution in [2.75, 3.05) is 37.7 Å². The molecule has 1 aliphatic heterocycles. The molecule has 0 saturated carbocycles. The van der Waals surface area contributed by atoms with Crippen molar-refractivity contribution >= 4 is 11.9 Å². The van der Waals surface area contributed by atoms with E-state index >= 15 is 0 Å². The van der Waals surface area contributed by atoms with E-state index in [-0.39, 0.29) is 6.09 Å². The van der Waals surface area contributed by atoms with Gasteiger partial charge < -0.3 is 19.3 Å². The highest BCUT2D eigenvalue weighted by Crippen LogP contribution is 2.20. The van der Waals surface area contributed by atoms with Crippen LogP contribution >= 0.6 is 0 Å². The van der Waals surface area contributed by atoms with Crippen LogP contribution in [0.15, 0.2) is 42.5 Å². The highest BCUT2D eigenvalue weighted by atomic mass is 16.6. The number of hydrogen-bond donors (Lipinski definition) is 0. The molecule has 24 heavy (non-hydrogen) atoms. The number of carbonyl (C=O) groups excluding carboxylic acids is 1. The van der Waals surface area contributed by atoms with Crippen LogP contribution in [0.2, 0.25) is 0 Å². The molecule has 2 heterocycles. The molecular weight excluding hydrogens is 308 g/mol. The number of carbonyl (C=O) groups is 1. The summed E-state index contributed by atoms with van der Waals surface area (Å²) in [5, 5.41) is 8.33. The summed E-state index contributed by atoms with van der Waals surface area (Å²) in [6.07, 6.45) is -0.255. The standard InChI is InChI=1S/C17H20N4O3/c1-2-23-17(22)21-12-10-20(11-13-21)15-8-9-16(19-18-15)24-14-6-4-3-5-7-14/h3-9H,2,10-13H2,1H3. The van der Waals surface area contributed by atoms with Gasteiger partial charge in [-0.1, -0.05) is 18.2 Å². The van der Waals surface area contributed by atoms with E-state index in [1.54, 1.807) is 11.0 Å². The maximum Gasteiger partial charge on any atom is 0.409 e. The number of aromatic nitrogens is 2. The average molecular weight is 328 g/mol. The fourth-order valence-corrected chi connectivity index (χ4v) is 2.48. The molecule has 0 aliphatic carbocycles. The van der Waals surface area contributed by atoms with Crippen molar-refractivity contribution in [3.8, 4) is 11.6 Å². The van der Waals surface area contributed by atoms with Gasteiger partial charge in [0.05, 0.1) is 6.61 Å². The zero-order chi connectivity index (χ0) is 16.8. The molecule has 0 bridgehead atoms. The van der Waals surface area contributed by atoms with Crippen molar-refractivity contribution < 1.29 is 14.3 Å². The average Bonchev–Trinajstić information content (AvgIpc) is 2.64. The molecule has 3 rings (SSSR count). The van der Waals surface area contributed by atoms with E-state index in [9.17, 15) is 4.79 Å². The molecular formula is C17H20N4O3. The van der Waals surface area contributed by atoms with E-state index < -0.39 is 0 Å². The first-order valence-electron chi connectivity index (χ1n) is 7.99. The third-order valence-corrected chi connectivity index (χ3v) is 3.72. The van der Waals surface area contributed by atoms with Gasteiger partial charge in [-0.25, -0.2) is 4.79 Å². The molecule has 0 atom stereocenters. The van der Waals surface area contributed by atoms with E-state index in [4.69, 9.17) is 9.47 Å². The van der Waals surface area contributed by atoms with Gasteiger partial charge in [0.1, 0.15) is 5.75 Å². The topological polar surface area (TPSA) is 67.8 Å². The van der Waals surface area contributed by atoms with Gasteiger partial charge in [-0.05, 0) is 25.1 Å². The highest BCUT2D eigenvalue weighted by molar-refractivity contribution is 5.68. The number of anilines is 1. The van der Waals surface area contributed by atoms with Gasteiger partial charge in [0.15, 0.2) is 5.82 Å². The smallest absolute Gasteiger partial charge is 0.409 e. The SMILES string of the molecule is CCOC(=O)N1CCN(c2ccc(Oc3ccccc3)nn2)CC1. The number of benzene rings is 1. The van der Waals surface area contributed by atoms with Gasteiger partial charge >= 0.3 is 6.09 Å². The maximum absolute atomic E-state index is 11.7. The molecule has 0 spiro atoms. The molecule has 1 aliphatic rings. The highest BCUT2D eigenvalue weighted by Gasteiger charge is 2.22. The number of para-hydroxylation sites is 1. The lowest BCUT2D eigenvalue weighted by atomic mass is 10.3. The summed E-state index contributed by atoms with van der Waals surface area (Å²) in [5.74, 6) is 1.96. The van der Waals surface area contributed by atoms with E-state index in [1.807, 2.05) is 43.3 Å². The summed E-state index contributed by atoms with van der Waals surface area (Å²) in [6, 6.07) is 13.1. The van der Waals surface area contributed by atoms with Crippen LogP contribution in [-0.4, -0.2) is 54.0 Å². The zero-order valence-electron chi connectivity index (χ0n) is 13.6. The first kappa shape index (κ1) is 16.0. The van der Waals surface area contributed by atoms with Gasteiger partial charge in [-0.2, -0.15) is 0 Å². The molecule has 7 heteroatoms. The van der Waals surface area contributed by atoms with Crippen LogP contribution in [0.4, 0.5) is 10.6 Å². The lowest BCUT2D eigenvalue weighted by Crippen LogP contribution is -2.49. The Hall–Kier alpha value is -2.83. The van der Waals surface area contributed by atoms with E-state index in [2.05, 4.69) is 15.1 Å². The van der Waals surface area contributed by atoms with Crippen LogP contribution in [-0.2, 0) is 4.74 Å². The fraction of sp³-hybridized carbons (Fsp3) is 0.353. The largest absolute Gasteiger partial charge is 0.450 e. The van der Waals surface area contributed by atoms with E-state index in [1.165, 1.54) is 0 Å². The van der Waals surface area contributed by atoms with Crippen molar-refractivity contribution in [3.63, 3.8) is 0 Å². The Labute approximate surface area is 140 Å². The van der Waals surface area contributed by atoms with Crippen LogP contribution in [0.1, 0.15) is 6.92 Å². The molecule has 126 valence electrons. The molecule has 0 N–H and O–H groups in total. The summed E-state index contributed by atoms with van der Waals surface area (Å²) >= 11 is 0. The van der Waals surface area contributed by atoms with Crippen LogP contribution < -0.4 is 9.64 Å². The fourth-order valence-electron chi connectivity index (χ4n) is 2.48. The Kier molecular flexibility index (Phi) is 5.10. The molecule has 0 unspecified atom stereocenters. The zero-order valence-corrected chi connectivity index (χ0v) is 13.6. The first-order valence-corrected chi connectivity index (χ1v) is 7.99. The number of amides is 1. The predicted octanol–water partition coefficient (Wildman–Crippen LogP) is 2.55. The molecule has 2 aromatic rings. The van der Waals surface area contributed by atoms with Crippen LogP contribution in [0.25, 0.3) is 0 Å². The van der Waals surface area contributed by atoms with Crippen molar-refractivity contribution in [2.24, 2.45) is 0 Å². The Morgan fingerprint density at radius 1 is 1.04 bits per heavy atom. The molecule has 7 nitrogen and oxygen atoms in total. The van der Waals surface area contributed by atoms with Crippen molar-refractivity contribution in [1.29, 1.82) is 0 Å². The first-order chi connectivity index (χ1) is 11.8. The van der Waals surface area contributed by atoms with Gasteiger partial charge in [0, 0.05) is 32.2 Å². The third kappa shape index (κ3) is 3.92. The second-order valence-electron chi connectivity index (χ2n) is 5.32. The monoisotopic (exact) mass is 328 g/mol. The summed E-state index contributed by atoms with van der Waals surface area (Å²) in [5.41, 5.74) is 0. The van der Waals surface area contributed by atoms with E-state index in [0.29, 0.717) is 38.7 Å². The molecule has 1 fully saturated rings. The van der Waals surface area contributed by atoms with Crippen LogP contribution in [0, 0.1) is 0 Å². The number of rotatable bonds is 4. The lowest BCUT2D eigenvalue weighted by molar-refractivity contribution is 0.105. The van der Waals surface area contributed by atoms with Gasteiger partial charge in [0.2, 0.25) is 5.88 Å². The lowest BCUT2D eigenvalue weighted by Gasteiger charge is -2.34. The van der Waals surface area contributed by atoms with Gasteiger partial charge in [-0.3, -0.25) is 0 Å². The minimum Gasteiger partial charge on any atom is -0.450 e. The number of nitrogens with zero attached hydrogens (tertiary/aromatic N) is 4. The summed E-state index contributed by atoms with van der Waals surface area (Å²) in [7, 11) is 0. The second kappa shape index (κ2) is 7.63. The van der Waals surface area contributed by atoms with Crippen LogP contribution in [0.3, 0.4) is 0 Å². The number of hydrogen-bond acceptors (Lipinski definition) is 6. The molecule has 1 amide bonds. The number of piperazine rings is 1. The molecule has 1 aromatic heterocycles. The Bertz CT molecular complexity index is 655. The maximum atomic E-state index is 11.7. The minimum atomic E-state index is -0.255. The summed E-state index contributed by atoms with van der Waals surface area (Å²) in [6.45, 7) is 4.83. The number of ether oxygens (including phenoxy) is 2. The van der Waals surface area contributed by atoms with Crippen molar-refractivity contribution in [3.05, 3.63) is 42.5 Å². The third-order valence-electron chi connectivity index (χ3n) is 3.72. The second-order valence-corrected chi connectivity index (χ2v) is 5.32. The van der Waals surface area contributed by atoms with E-state index in [0.717, 1.165) is 11.6 Å².